The van der Waals surface area contributed by atoms with E-state index in [4.69, 9.17) is 9.97 Å². The summed E-state index contributed by atoms with van der Waals surface area (Å²) in [5, 5.41) is 0. The van der Waals surface area contributed by atoms with Crippen LogP contribution in [0.4, 0.5) is 4.39 Å². The van der Waals surface area contributed by atoms with E-state index in [0.717, 1.165) is 78.1 Å². The number of aryl methyl sites for hydroxylation is 1. The first-order chi connectivity index (χ1) is 27.6. The van der Waals surface area contributed by atoms with Gasteiger partial charge in [0.25, 0.3) is 0 Å². The molecule has 0 saturated carbocycles. The van der Waals surface area contributed by atoms with Gasteiger partial charge in [0.2, 0.25) is 0 Å². The van der Waals surface area contributed by atoms with Gasteiger partial charge in [-0.3, -0.25) is 9.97 Å². The van der Waals surface area contributed by atoms with E-state index >= 15 is 0 Å². The molecule has 2 aromatic heterocycles. The summed E-state index contributed by atoms with van der Waals surface area (Å²) in [7, 11) is 0. The summed E-state index contributed by atoms with van der Waals surface area (Å²) in [5.41, 5.74) is 18.3. The van der Waals surface area contributed by atoms with Gasteiger partial charge in [-0.05, 0) is 111 Å². The van der Waals surface area contributed by atoms with Crippen molar-refractivity contribution in [2.45, 2.75) is 6.92 Å². The highest BCUT2D eigenvalue weighted by atomic mass is 19.1. The number of rotatable bonds is 8. The van der Waals surface area contributed by atoms with E-state index in [1.807, 2.05) is 30.6 Å². The third-order valence-electron chi connectivity index (χ3n) is 10.3. The van der Waals surface area contributed by atoms with Crippen molar-refractivity contribution < 1.29 is 4.39 Å². The monoisotopic (exact) mass is 720 g/mol. The van der Waals surface area contributed by atoms with Crippen molar-refractivity contribution in [3.05, 3.63) is 218 Å². The van der Waals surface area contributed by atoms with Crippen molar-refractivity contribution in [3.8, 4) is 89.3 Å². The summed E-state index contributed by atoms with van der Waals surface area (Å²) in [6, 6.07) is 66.5. The lowest BCUT2D eigenvalue weighted by Crippen LogP contribution is -1.94. The molecule has 0 unspecified atom stereocenters. The Morgan fingerprint density at radius 1 is 0.304 bits per heavy atom. The van der Waals surface area contributed by atoms with Gasteiger partial charge in [-0.15, -0.1) is 0 Å². The summed E-state index contributed by atoms with van der Waals surface area (Å²) in [6.07, 6.45) is 3.94. The second kappa shape index (κ2) is 15.3. The Morgan fingerprint density at radius 2 is 0.768 bits per heavy atom. The van der Waals surface area contributed by atoms with Gasteiger partial charge in [0.15, 0.2) is 0 Å². The first-order valence-electron chi connectivity index (χ1n) is 18.8. The number of halogens is 1. The van der Waals surface area contributed by atoms with E-state index < -0.39 is 0 Å². The van der Waals surface area contributed by atoms with E-state index in [1.54, 1.807) is 12.1 Å². The Morgan fingerprint density at radius 3 is 1.39 bits per heavy atom. The zero-order chi connectivity index (χ0) is 37.8. The summed E-state index contributed by atoms with van der Waals surface area (Å²) in [6.45, 7) is 2.16. The normalized spacial score (nSPS) is 11.0. The van der Waals surface area contributed by atoms with Crippen molar-refractivity contribution in [3.63, 3.8) is 0 Å². The van der Waals surface area contributed by atoms with E-state index in [0.29, 0.717) is 0 Å². The first kappa shape index (κ1) is 34.5. The lowest BCUT2D eigenvalue weighted by atomic mass is 9.87. The molecule has 0 fully saturated rings. The maximum Gasteiger partial charge on any atom is 0.123 e. The van der Waals surface area contributed by atoms with Crippen LogP contribution in [0.2, 0.25) is 0 Å². The lowest BCUT2D eigenvalue weighted by Gasteiger charge is -2.18. The Hall–Kier alpha value is -7.23. The molecule has 3 heteroatoms. The standard InChI is InChI=1S/C53H37FN2/c1-36-30-43(47-17-9-8-16-46(47)42-26-29-52(55-34-42)41-24-27-45(54)28-25-41)32-44(31-36)48-18-10-11-19-49(48)51-35-56-53(40-14-6-3-7-15-40)33-50(51)39-22-20-38(21-23-39)37-12-4-2-5-13-37/h2-35H,1H3. The van der Waals surface area contributed by atoms with Crippen LogP contribution in [-0.4, -0.2) is 9.97 Å². The van der Waals surface area contributed by atoms with Crippen LogP contribution in [-0.2, 0) is 0 Å². The number of pyridine rings is 2. The molecule has 0 spiro atoms. The van der Waals surface area contributed by atoms with Gasteiger partial charge in [-0.2, -0.15) is 0 Å². The number of aromatic nitrogens is 2. The smallest absolute Gasteiger partial charge is 0.123 e. The maximum absolute atomic E-state index is 13.6. The SMILES string of the molecule is Cc1cc(-c2ccccc2-c2ccc(-c3ccc(F)cc3)nc2)cc(-c2ccccc2-c2cnc(-c3ccccc3)cc2-c2ccc(-c3ccccc3)cc2)c1. The molecule has 0 atom stereocenters. The van der Waals surface area contributed by atoms with Crippen molar-refractivity contribution >= 4 is 0 Å². The van der Waals surface area contributed by atoms with Crippen LogP contribution >= 0.6 is 0 Å². The molecule has 0 amide bonds. The Kier molecular flexibility index (Phi) is 9.41. The Bertz CT molecular complexity index is 2770. The highest BCUT2D eigenvalue weighted by Crippen LogP contribution is 2.42. The van der Waals surface area contributed by atoms with Crippen LogP contribution in [0.25, 0.3) is 89.3 Å². The molecule has 0 N–H and O–H groups in total. The minimum atomic E-state index is -0.258. The number of hydrogen-bond acceptors (Lipinski definition) is 2. The van der Waals surface area contributed by atoms with Crippen molar-refractivity contribution in [1.82, 2.24) is 9.97 Å². The molecule has 0 aliphatic heterocycles. The number of nitrogens with zero attached hydrogens (tertiary/aromatic N) is 2. The van der Waals surface area contributed by atoms with Crippen LogP contribution in [0, 0.1) is 12.7 Å². The van der Waals surface area contributed by atoms with Gasteiger partial charge in [0, 0.05) is 34.6 Å². The predicted octanol–water partition coefficient (Wildman–Crippen LogP) is 14.3. The lowest BCUT2D eigenvalue weighted by molar-refractivity contribution is 0.628. The molecule has 9 rings (SSSR count). The van der Waals surface area contributed by atoms with Crippen molar-refractivity contribution in [2.24, 2.45) is 0 Å². The second-order valence-electron chi connectivity index (χ2n) is 14.0. The van der Waals surface area contributed by atoms with Gasteiger partial charge >= 0.3 is 0 Å². The molecule has 0 bridgehead atoms. The van der Waals surface area contributed by atoms with E-state index in [2.05, 4.69) is 159 Å². The Balaban J connectivity index is 1.13. The van der Waals surface area contributed by atoms with Gasteiger partial charge in [0.1, 0.15) is 5.82 Å². The Labute approximate surface area is 327 Å². The van der Waals surface area contributed by atoms with Gasteiger partial charge in [0.05, 0.1) is 11.4 Å². The molecule has 2 heterocycles. The predicted molar refractivity (Wildman–Crippen MR) is 230 cm³/mol. The van der Waals surface area contributed by atoms with Gasteiger partial charge < -0.3 is 0 Å². The fraction of sp³-hybridized carbons (Fsp3) is 0.0189. The highest BCUT2D eigenvalue weighted by molar-refractivity contribution is 5.94. The topological polar surface area (TPSA) is 25.8 Å². The molecule has 266 valence electrons. The average Bonchev–Trinajstić information content (AvgIpc) is 3.27. The first-order valence-corrected chi connectivity index (χ1v) is 18.8. The highest BCUT2D eigenvalue weighted by Gasteiger charge is 2.17. The molecule has 56 heavy (non-hydrogen) atoms. The number of benzene rings is 7. The fourth-order valence-corrected chi connectivity index (χ4v) is 7.54. The maximum atomic E-state index is 13.6. The molecular weight excluding hydrogens is 684 g/mol. The summed E-state index contributed by atoms with van der Waals surface area (Å²) in [5.74, 6) is -0.258. The van der Waals surface area contributed by atoms with E-state index in [9.17, 15) is 4.39 Å². The zero-order valence-electron chi connectivity index (χ0n) is 30.9. The zero-order valence-corrected chi connectivity index (χ0v) is 30.9. The second-order valence-corrected chi connectivity index (χ2v) is 14.0. The van der Waals surface area contributed by atoms with E-state index in [-0.39, 0.29) is 5.82 Å². The fourth-order valence-electron chi connectivity index (χ4n) is 7.54. The molecule has 0 aliphatic rings. The molecule has 0 radical (unpaired) electrons. The quantitative estimate of drug-likeness (QED) is 0.156. The largest absolute Gasteiger partial charge is 0.256 e. The molecule has 2 nitrogen and oxygen atoms in total. The van der Waals surface area contributed by atoms with Gasteiger partial charge in [-0.1, -0.05) is 152 Å². The third-order valence-corrected chi connectivity index (χ3v) is 10.3. The summed E-state index contributed by atoms with van der Waals surface area (Å²) < 4.78 is 13.6. The molecule has 7 aromatic carbocycles. The molecule has 9 aromatic rings. The van der Waals surface area contributed by atoms with Crippen LogP contribution in [0.3, 0.4) is 0 Å². The van der Waals surface area contributed by atoms with Crippen LogP contribution in [0.15, 0.2) is 207 Å². The molecule has 0 aliphatic carbocycles. The van der Waals surface area contributed by atoms with Gasteiger partial charge in [-0.25, -0.2) is 4.39 Å². The van der Waals surface area contributed by atoms with E-state index in [1.165, 1.54) is 28.8 Å². The third kappa shape index (κ3) is 7.06. The summed E-state index contributed by atoms with van der Waals surface area (Å²) in [4.78, 5) is 9.81. The average molecular weight is 721 g/mol. The number of hydrogen-bond donors (Lipinski definition) is 0. The van der Waals surface area contributed by atoms with Crippen LogP contribution in [0.5, 0.6) is 0 Å². The molecular formula is C53H37FN2. The van der Waals surface area contributed by atoms with Crippen LogP contribution in [0.1, 0.15) is 5.56 Å². The minimum Gasteiger partial charge on any atom is -0.256 e. The van der Waals surface area contributed by atoms with Crippen molar-refractivity contribution in [1.29, 1.82) is 0 Å². The molecule has 0 saturated heterocycles. The summed E-state index contributed by atoms with van der Waals surface area (Å²) >= 11 is 0. The van der Waals surface area contributed by atoms with Crippen molar-refractivity contribution in [2.75, 3.05) is 0 Å². The minimum absolute atomic E-state index is 0.258. The van der Waals surface area contributed by atoms with Crippen LogP contribution < -0.4 is 0 Å².